The Balaban J connectivity index is 1.43. The van der Waals surface area contributed by atoms with Crippen LogP contribution in [0.1, 0.15) is 38.5 Å². The quantitative estimate of drug-likeness (QED) is 0.744. The van der Waals surface area contributed by atoms with Crippen molar-refractivity contribution in [2.75, 3.05) is 19.6 Å². The summed E-state index contributed by atoms with van der Waals surface area (Å²) in [5.74, 6) is 0.0458. The number of amides is 2. The first-order valence-electron chi connectivity index (χ1n) is 9.99. The molecule has 3 N–H and O–H groups in total. The predicted octanol–water partition coefficient (Wildman–Crippen LogP) is 1.50. The lowest BCUT2D eigenvalue weighted by molar-refractivity contribution is -0.139. The average molecular weight is 408 g/mol. The van der Waals surface area contributed by atoms with Crippen LogP contribution in [-0.2, 0) is 19.6 Å². The van der Waals surface area contributed by atoms with Gasteiger partial charge in [-0.2, -0.15) is 0 Å². The molecule has 2 aliphatic rings. The summed E-state index contributed by atoms with van der Waals surface area (Å²) in [5.41, 5.74) is 5.35. The molecule has 1 aliphatic heterocycles. The third-order valence-electron chi connectivity index (χ3n) is 6.02. The number of nitrogens with one attached hydrogen (secondary N) is 1. The highest BCUT2D eigenvalue weighted by Gasteiger charge is 2.32. The first-order valence-corrected chi connectivity index (χ1v) is 11.5. The molecule has 28 heavy (non-hydrogen) atoms. The van der Waals surface area contributed by atoms with Crippen LogP contribution in [0.2, 0.25) is 0 Å². The maximum absolute atomic E-state index is 12.7. The number of rotatable bonds is 6. The number of nitrogens with zero attached hydrogens (tertiary/aromatic N) is 1. The Morgan fingerprint density at radius 2 is 1.57 bits per heavy atom. The summed E-state index contributed by atoms with van der Waals surface area (Å²) in [6.07, 6.45) is 4.55. The van der Waals surface area contributed by atoms with Gasteiger partial charge in [0.25, 0.3) is 0 Å². The summed E-state index contributed by atoms with van der Waals surface area (Å²) in [6.45, 7) is 1.61. The van der Waals surface area contributed by atoms with E-state index >= 15 is 0 Å². The SMILES string of the molecule is NC(=O)C1CCN(C(=O)C2CCC(CNS(=O)(=O)c3ccccc3)CC2)CC1. The molecule has 7 nitrogen and oxygen atoms in total. The van der Waals surface area contributed by atoms with Crippen LogP contribution in [0.15, 0.2) is 35.2 Å². The Hall–Kier alpha value is -1.93. The molecule has 2 fully saturated rings. The first kappa shape index (κ1) is 20.8. The van der Waals surface area contributed by atoms with Gasteiger partial charge in [-0.3, -0.25) is 9.59 Å². The number of hydrogen-bond acceptors (Lipinski definition) is 4. The molecule has 1 heterocycles. The molecule has 3 rings (SSSR count). The Morgan fingerprint density at radius 1 is 0.964 bits per heavy atom. The molecule has 1 aromatic carbocycles. The molecule has 1 saturated heterocycles. The van der Waals surface area contributed by atoms with Crippen LogP contribution in [0.3, 0.4) is 0 Å². The van der Waals surface area contributed by atoms with Gasteiger partial charge in [0.15, 0.2) is 0 Å². The molecule has 154 valence electrons. The number of primary amides is 1. The minimum Gasteiger partial charge on any atom is -0.369 e. The van der Waals surface area contributed by atoms with Crippen LogP contribution in [0.4, 0.5) is 0 Å². The summed E-state index contributed by atoms with van der Waals surface area (Å²) in [4.78, 5) is 26.1. The molecule has 1 saturated carbocycles. The number of carbonyl (C=O) groups excluding carboxylic acids is 2. The number of sulfonamides is 1. The number of likely N-dealkylation sites (tertiary alicyclic amines) is 1. The van der Waals surface area contributed by atoms with Crippen LogP contribution >= 0.6 is 0 Å². The summed E-state index contributed by atoms with van der Waals surface area (Å²) in [5, 5.41) is 0. The Labute approximate surface area is 166 Å². The van der Waals surface area contributed by atoms with Gasteiger partial charge in [-0.15, -0.1) is 0 Å². The monoisotopic (exact) mass is 407 g/mol. The lowest BCUT2D eigenvalue weighted by atomic mass is 9.81. The van der Waals surface area contributed by atoms with Crippen molar-refractivity contribution in [3.63, 3.8) is 0 Å². The van der Waals surface area contributed by atoms with Crippen LogP contribution in [0, 0.1) is 17.8 Å². The highest BCUT2D eigenvalue weighted by Crippen LogP contribution is 2.31. The van der Waals surface area contributed by atoms with E-state index in [4.69, 9.17) is 5.73 Å². The maximum Gasteiger partial charge on any atom is 0.240 e. The normalized spacial score (nSPS) is 24.1. The van der Waals surface area contributed by atoms with Crippen LogP contribution in [0.5, 0.6) is 0 Å². The second-order valence-corrected chi connectivity index (χ2v) is 9.65. The zero-order valence-corrected chi connectivity index (χ0v) is 16.9. The van der Waals surface area contributed by atoms with E-state index in [0.717, 1.165) is 25.7 Å². The summed E-state index contributed by atoms with van der Waals surface area (Å²) < 4.78 is 27.3. The van der Waals surface area contributed by atoms with Crippen molar-refractivity contribution in [3.05, 3.63) is 30.3 Å². The maximum atomic E-state index is 12.7. The largest absolute Gasteiger partial charge is 0.369 e. The fourth-order valence-electron chi connectivity index (χ4n) is 4.17. The molecule has 1 aliphatic carbocycles. The fraction of sp³-hybridized carbons (Fsp3) is 0.600. The molecule has 1 aromatic rings. The lowest BCUT2D eigenvalue weighted by Gasteiger charge is -2.35. The van der Waals surface area contributed by atoms with E-state index in [1.165, 1.54) is 0 Å². The molecule has 8 heteroatoms. The van der Waals surface area contributed by atoms with E-state index in [9.17, 15) is 18.0 Å². The Kier molecular flexibility index (Phi) is 6.72. The number of benzene rings is 1. The van der Waals surface area contributed by atoms with E-state index < -0.39 is 10.0 Å². The van der Waals surface area contributed by atoms with Gasteiger partial charge in [0.2, 0.25) is 21.8 Å². The fourth-order valence-corrected chi connectivity index (χ4v) is 5.30. The van der Waals surface area contributed by atoms with Crippen molar-refractivity contribution in [3.8, 4) is 0 Å². The van der Waals surface area contributed by atoms with E-state index in [0.29, 0.717) is 32.5 Å². The number of hydrogen-bond donors (Lipinski definition) is 2. The van der Waals surface area contributed by atoms with Crippen LogP contribution in [-0.4, -0.2) is 44.8 Å². The molecule has 2 amide bonds. The smallest absolute Gasteiger partial charge is 0.240 e. The van der Waals surface area contributed by atoms with Gasteiger partial charge in [-0.1, -0.05) is 18.2 Å². The molecule has 0 bridgehead atoms. The molecular weight excluding hydrogens is 378 g/mol. The molecule has 0 radical (unpaired) electrons. The zero-order valence-electron chi connectivity index (χ0n) is 16.0. The molecule has 0 aromatic heterocycles. The minimum absolute atomic E-state index is 0.00658. The highest BCUT2D eigenvalue weighted by atomic mass is 32.2. The van der Waals surface area contributed by atoms with Gasteiger partial charge in [0.05, 0.1) is 4.90 Å². The Morgan fingerprint density at radius 3 is 2.14 bits per heavy atom. The predicted molar refractivity (Wildman–Crippen MR) is 106 cm³/mol. The van der Waals surface area contributed by atoms with Crippen molar-refractivity contribution < 1.29 is 18.0 Å². The molecule has 0 atom stereocenters. The van der Waals surface area contributed by atoms with Crippen molar-refractivity contribution >= 4 is 21.8 Å². The number of carbonyl (C=O) groups is 2. The summed E-state index contributed by atoms with van der Waals surface area (Å²) >= 11 is 0. The molecule has 0 unspecified atom stereocenters. The van der Waals surface area contributed by atoms with Gasteiger partial charge in [0, 0.05) is 31.5 Å². The summed E-state index contributed by atoms with van der Waals surface area (Å²) in [7, 11) is -3.48. The second-order valence-electron chi connectivity index (χ2n) is 7.88. The first-order chi connectivity index (χ1) is 13.4. The van der Waals surface area contributed by atoms with Gasteiger partial charge in [-0.05, 0) is 56.6 Å². The third kappa shape index (κ3) is 5.11. The minimum atomic E-state index is -3.48. The van der Waals surface area contributed by atoms with E-state index in [-0.39, 0.29) is 34.5 Å². The van der Waals surface area contributed by atoms with Gasteiger partial charge in [0.1, 0.15) is 0 Å². The second kappa shape index (κ2) is 9.05. The van der Waals surface area contributed by atoms with E-state index in [2.05, 4.69) is 4.72 Å². The van der Waals surface area contributed by atoms with Gasteiger partial charge >= 0.3 is 0 Å². The van der Waals surface area contributed by atoms with Crippen LogP contribution < -0.4 is 10.5 Å². The molecule has 0 spiro atoms. The number of nitrogens with two attached hydrogens (primary N) is 1. The third-order valence-corrected chi connectivity index (χ3v) is 7.46. The summed E-state index contributed by atoms with van der Waals surface area (Å²) in [6, 6.07) is 8.36. The van der Waals surface area contributed by atoms with E-state index in [1.807, 2.05) is 4.90 Å². The lowest BCUT2D eigenvalue weighted by Crippen LogP contribution is -2.45. The van der Waals surface area contributed by atoms with Crippen molar-refractivity contribution in [1.82, 2.24) is 9.62 Å². The highest BCUT2D eigenvalue weighted by molar-refractivity contribution is 7.89. The van der Waals surface area contributed by atoms with Crippen LogP contribution in [0.25, 0.3) is 0 Å². The molecular formula is C20H29N3O4S. The van der Waals surface area contributed by atoms with Gasteiger partial charge in [-0.25, -0.2) is 13.1 Å². The van der Waals surface area contributed by atoms with E-state index in [1.54, 1.807) is 30.3 Å². The number of piperidine rings is 1. The van der Waals surface area contributed by atoms with Crippen molar-refractivity contribution in [2.24, 2.45) is 23.5 Å². The topological polar surface area (TPSA) is 110 Å². The van der Waals surface area contributed by atoms with Gasteiger partial charge < -0.3 is 10.6 Å². The standard InChI is InChI=1S/C20H29N3O4S/c21-19(24)16-10-12-23(13-11-16)20(25)17-8-6-15(7-9-17)14-22-28(26,27)18-4-2-1-3-5-18/h1-5,15-17,22H,6-14H2,(H2,21,24). The Bertz CT molecular complexity index is 781. The average Bonchev–Trinajstić information content (AvgIpc) is 2.73. The zero-order chi connectivity index (χ0) is 20.1. The van der Waals surface area contributed by atoms with Crippen molar-refractivity contribution in [2.45, 2.75) is 43.4 Å². The van der Waals surface area contributed by atoms with Crippen molar-refractivity contribution in [1.29, 1.82) is 0 Å².